The maximum absolute atomic E-state index is 10.0. The number of ether oxygens (including phenoxy) is 1. The third-order valence-electron chi connectivity index (χ3n) is 3.98. The maximum Gasteiger partial charge on any atom is 0.171 e. The van der Waals surface area contributed by atoms with E-state index in [0.29, 0.717) is 11.7 Å². The standard InChI is InChI=1S/C14H18N2O4S/c17-10-9-7-20-13(12(19)11(10)18)16(9)14(21)15-6-8-4-2-1-3-5-8/h1-5,9-13,17-19H,6-7H2,(H,15,21)/t9-,10+,11-,12+,13+/m0/s1. The zero-order valence-corrected chi connectivity index (χ0v) is 12.1. The van der Waals surface area contributed by atoms with E-state index in [1.54, 1.807) is 4.90 Å². The van der Waals surface area contributed by atoms with Crippen molar-refractivity contribution in [3.63, 3.8) is 0 Å². The van der Waals surface area contributed by atoms with Gasteiger partial charge in [0.25, 0.3) is 0 Å². The van der Waals surface area contributed by atoms with Gasteiger partial charge in [0.05, 0.1) is 12.6 Å². The second-order valence-electron chi connectivity index (χ2n) is 5.31. The van der Waals surface area contributed by atoms with E-state index in [9.17, 15) is 15.3 Å². The van der Waals surface area contributed by atoms with Gasteiger partial charge in [0.1, 0.15) is 18.3 Å². The second-order valence-corrected chi connectivity index (χ2v) is 5.70. The zero-order chi connectivity index (χ0) is 15.0. The van der Waals surface area contributed by atoms with E-state index < -0.39 is 30.6 Å². The van der Waals surface area contributed by atoms with Crippen molar-refractivity contribution in [2.75, 3.05) is 6.61 Å². The Balaban J connectivity index is 1.68. The van der Waals surface area contributed by atoms with Gasteiger partial charge in [-0.2, -0.15) is 0 Å². The van der Waals surface area contributed by atoms with E-state index in [2.05, 4.69) is 5.32 Å². The quantitative estimate of drug-likeness (QED) is 0.531. The number of aliphatic hydroxyl groups excluding tert-OH is 3. The van der Waals surface area contributed by atoms with Gasteiger partial charge >= 0.3 is 0 Å². The summed E-state index contributed by atoms with van der Waals surface area (Å²) in [4.78, 5) is 1.64. The monoisotopic (exact) mass is 310 g/mol. The topological polar surface area (TPSA) is 85.2 Å². The Kier molecular flexibility index (Phi) is 4.10. The molecule has 2 fully saturated rings. The predicted octanol–water partition coefficient (Wildman–Crippen LogP) is -0.816. The molecule has 114 valence electrons. The summed E-state index contributed by atoms with van der Waals surface area (Å²) in [5.41, 5.74) is 1.08. The van der Waals surface area contributed by atoms with Crippen molar-refractivity contribution >= 4 is 17.3 Å². The lowest BCUT2D eigenvalue weighted by Crippen LogP contribution is -2.65. The first-order chi connectivity index (χ1) is 10.1. The summed E-state index contributed by atoms with van der Waals surface area (Å²) in [6.07, 6.45) is -4.20. The first-order valence-corrected chi connectivity index (χ1v) is 7.26. The zero-order valence-electron chi connectivity index (χ0n) is 11.3. The Morgan fingerprint density at radius 2 is 1.90 bits per heavy atom. The van der Waals surface area contributed by atoms with E-state index in [0.717, 1.165) is 5.56 Å². The second kappa shape index (κ2) is 5.86. The summed E-state index contributed by atoms with van der Waals surface area (Å²) in [5, 5.41) is 33.3. The fraction of sp³-hybridized carbons (Fsp3) is 0.500. The van der Waals surface area contributed by atoms with Crippen LogP contribution in [0.15, 0.2) is 30.3 Å². The molecular weight excluding hydrogens is 292 g/mol. The SMILES string of the molecule is O[C@@H]1[C@@H](O)[C@H]2OC[C@@H]([C@H]1O)N2C(=S)NCc1ccccc1. The molecule has 6 nitrogen and oxygen atoms in total. The van der Waals surface area contributed by atoms with Crippen LogP contribution in [0.3, 0.4) is 0 Å². The highest BCUT2D eigenvalue weighted by Gasteiger charge is 2.53. The van der Waals surface area contributed by atoms with Crippen LogP contribution in [0.25, 0.3) is 0 Å². The molecule has 0 spiro atoms. The third-order valence-corrected chi connectivity index (χ3v) is 4.33. The molecule has 2 bridgehead atoms. The Morgan fingerprint density at radius 3 is 2.62 bits per heavy atom. The number of thiocarbonyl (C=S) groups is 1. The van der Waals surface area contributed by atoms with Gasteiger partial charge in [-0.25, -0.2) is 0 Å². The first-order valence-electron chi connectivity index (χ1n) is 6.85. The molecule has 0 saturated carbocycles. The largest absolute Gasteiger partial charge is 0.388 e. The fourth-order valence-electron chi connectivity index (χ4n) is 2.80. The molecule has 0 amide bonds. The molecule has 3 rings (SSSR count). The van der Waals surface area contributed by atoms with Crippen LogP contribution < -0.4 is 5.32 Å². The summed E-state index contributed by atoms with van der Waals surface area (Å²) in [6.45, 7) is 0.775. The van der Waals surface area contributed by atoms with E-state index in [1.165, 1.54) is 0 Å². The van der Waals surface area contributed by atoms with Crippen molar-refractivity contribution in [2.45, 2.75) is 37.1 Å². The van der Waals surface area contributed by atoms with Gasteiger partial charge in [0.2, 0.25) is 0 Å². The molecule has 0 unspecified atom stereocenters. The van der Waals surface area contributed by atoms with Crippen LogP contribution in [-0.2, 0) is 11.3 Å². The molecule has 2 aliphatic heterocycles. The van der Waals surface area contributed by atoms with Crippen molar-refractivity contribution in [2.24, 2.45) is 0 Å². The lowest BCUT2D eigenvalue weighted by atomic mass is 9.95. The number of aliphatic hydroxyl groups is 3. The average Bonchev–Trinajstić information content (AvgIpc) is 2.91. The number of fused-ring (bicyclic) bond motifs is 2. The smallest absolute Gasteiger partial charge is 0.171 e. The fourth-order valence-corrected chi connectivity index (χ4v) is 3.11. The summed E-state index contributed by atoms with van der Waals surface area (Å²) in [5.74, 6) is 0. The van der Waals surface area contributed by atoms with Gasteiger partial charge in [-0.15, -0.1) is 0 Å². The van der Waals surface area contributed by atoms with E-state index in [-0.39, 0.29) is 6.61 Å². The lowest BCUT2D eigenvalue weighted by molar-refractivity contribution is -0.154. The number of hydrogen-bond acceptors (Lipinski definition) is 5. The van der Waals surface area contributed by atoms with Gasteiger partial charge in [-0.05, 0) is 17.8 Å². The van der Waals surface area contributed by atoms with Crippen LogP contribution in [0.1, 0.15) is 5.56 Å². The Bertz CT molecular complexity index is 497. The molecule has 7 heteroatoms. The van der Waals surface area contributed by atoms with Crippen LogP contribution in [0, 0.1) is 0 Å². The van der Waals surface area contributed by atoms with Crippen LogP contribution in [0.4, 0.5) is 0 Å². The molecule has 1 aromatic rings. The van der Waals surface area contributed by atoms with Crippen LogP contribution >= 0.6 is 12.2 Å². The minimum Gasteiger partial charge on any atom is -0.388 e. The van der Waals surface area contributed by atoms with Gasteiger partial charge in [-0.1, -0.05) is 30.3 Å². The molecule has 1 aromatic carbocycles. The normalized spacial score (nSPS) is 34.8. The Hall–Kier alpha value is -1.25. The van der Waals surface area contributed by atoms with Crippen molar-refractivity contribution in [1.82, 2.24) is 10.2 Å². The summed E-state index contributed by atoms with van der Waals surface area (Å²) < 4.78 is 5.44. The molecule has 0 radical (unpaired) electrons. The number of nitrogens with one attached hydrogen (secondary N) is 1. The van der Waals surface area contributed by atoms with Crippen LogP contribution in [0.5, 0.6) is 0 Å². The number of rotatable bonds is 2. The first kappa shape index (κ1) is 14.7. The number of hydrogen-bond donors (Lipinski definition) is 4. The van der Waals surface area contributed by atoms with Gasteiger partial charge < -0.3 is 30.3 Å². The summed E-state index contributed by atoms with van der Waals surface area (Å²) in [7, 11) is 0. The molecular formula is C14H18N2O4S. The highest BCUT2D eigenvalue weighted by molar-refractivity contribution is 7.80. The number of benzene rings is 1. The van der Waals surface area contributed by atoms with Crippen molar-refractivity contribution in [3.8, 4) is 0 Å². The van der Waals surface area contributed by atoms with Gasteiger partial charge in [0, 0.05) is 6.54 Å². The minimum atomic E-state index is -1.21. The van der Waals surface area contributed by atoms with E-state index in [1.807, 2.05) is 30.3 Å². The maximum atomic E-state index is 10.0. The molecule has 2 saturated heterocycles. The van der Waals surface area contributed by atoms with Crippen molar-refractivity contribution in [1.29, 1.82) is 0 Å². The third kappa shape index (κ3) is 2.63. The van der Waals surface area contributed by atoms with Crippen molar-refractivity contribution in [3.05, 3.63) is 35.9 Å². The predicted molar refractivity (Wildman–Crippen MR) is 79.3 cm³/mol. The molecule has 0 aromatic heterocycles. The Morgan fingerprint density at radius 1 is 1.19 bits per heavy atom. The Labute approximate surface area is 128 Å². The minimum absolute atomic E-state index is 0.229. The molecule has 21 heavy (non-hydrogen) atoms. The highest BCUT2D eigenvalue weighted by Crippen LogP contribution is 2.31. The molecule has 0 aliphatic carbocycles. The van der Waals surface area contributed by atoms with Crippen LogP contribution in [-0.4, -0.2) is 62.5 Å². The molecule has 2 aliphatic rings. The average molecular weight is 310 g/mol. The van der Waals surface area contributed by atoms with Crippen LogP contribution in [0.2, 0.25) is 0 Å². The molecule has 2 heterocycles. The number of nitrogens with zero attached hydrogens (tertiary/aromatic N) is 1. The highest BCUT2D eigenvalue weighted by atomic mass is 32.1. The summed E-state index contributed by atoms with van der Waals surface area (Å²) >= 11 is 5.34. The lowest BCUT2D eigenvalue weighted by Gasteiger charge is -2.42. The van der Waals surface area contributed by atoms with Crippen molar-refractivity contribution < 1.29 is 20.1 Å². The molecule has 5 atom stereocenters. The van der Waals surface area contributed by atoms with E-state index >= 15 is 0 Å². The van der Waals surface area contributed by atoms with E-state index in [4.69, 9.17) is 17.0 Å². The van der Waals surface area contributed by atoms with Gasteiger partial charge in [0.15, 0.2) is 11.3 Å². The van der Waals surface area contributed by atoms with Gasteiger partial charge in [-0.3, -0.25) is 0 Å². The summed E-state index contributed by atoms with van der Waals surface area (Å²) in [6, 6.07) is 9.34. The molecule has 4 N–H and O–H groups in total. The number of piperidine rings is 1.